The van der Waals surface area contributed by atoms with Crippen LogP contribution in [0, 0.1) is 0 Å². The van der Waals surface area contributed by atoms with Gasteiger partial charge in [0.15, 0.2) is 0 Å². The molecule has 0 aromatic carbocycles. The first kappa shape index (κ1) is 15.5. The molecule has 3 aromatic heterocycles. The molecule has 3 heterocycles. The number of amides is 1. The molecule has 0 spiro atoms. The maximum atomic E-state index is 12.0. The first-order valence-corrected chi connectivity index (χ1v) is 8.31. The normalized spacial score (nSPS) is 20.3. The highest BCUT2D eigenvalue weighted by Crippen LogP contribution is 2.29. The van der Waals surface area contributed by atoms with Crippen molar-refractivity contribution in [1.82, 2.24) is 30.2 Å². The van der Waals surface area contributed by atoms with E-state index in [-0.39, 0.29) is 17.7 Å². The summed E-state index contributed by atoms with van der Waals surface area (Å²) in [5, 5.41) is 11.1. The molecule has 0 aliphatic heterocycles. The Morgan fingerprint density at radius 3 is 2.80 bits per heavy atom. The van der Waals surface area contributed by atoms with E-state index in [0.717, 1.165) is 36.9 Å². The van der Waals surface area contributed by atoms with E-state index in [1.807, 2.05) is 23.1 Å². The molecule has 0 radical (unpaired) electrons. The van der Waals surface area contributed by atoms with E-state index in [0.29, 0.717) is 6.04 Å². The Balaban J connectivity index is 1.34. The molecule has 1 fully saturated rings. The van der Waals surface area contributed by atoms with Crippen molar-refractivity contribution in [3.05, 3.63) is 49.0 Å². The van der Waals surface area contributed by atoms with Gasteiger partial charge < -0.3 is 9.84 Å². The van der Waals surface area contributed by atoms with Gasteiger partial charge >= 0.3 is 0 Å². The Labute approximate surface area is 144 Å². The largest absolute Gasteiger partial charge is 0.351 e. The van der Waals surface area contributed by atoms with E-state index >= 15 is 0 Å². The van der Waals surface area contributed by atoms with Crippen molar-refractivity contribution < 1.29 is 9.32 Å². The highest BCUT2D eigenvalue weighted by atomic mass is 16.5. The number of nitrogens with one attached hydrogen (secondary N) is 1. The molecule has 128 valence electrons. The molecule has 1 aliphatic rings. The fourth-order valence-electron chi connectivity index (χ4n) is 3.21. The number of hydrogen-bond acceptors (Lipinski definition) is 6. The molecule has 8 nitrogen and oxygen atoms in total. The molecule has 0 saturated heterocycles. The van der Waals surface area contributed by atoms with Gasteiger partial charge in [0, 0.05) is 30.1 Å². The van der Waals surface area contributed by atoms with E-state index in [1.54, 1.807) is 12.3 Å². The molecule has 4 rings (SSSR count). The Bertz CT molecular complexity index is 822. The van der Waals surface area contributed by atoms with Gasteiger partial charge in [-0.2, -0.15) is 5.10 Å². The molecular weight excluding hydrogens is 320 g/mol. The summed E-state index contributed by atoms with van der Waals surface area (Å²) in [5.41, 5.74) is 1.86. The van der Waals surface area contributed by atoms with Gasteiger partial charge in [0.25, 0.3) is 5.91 Å². The van der Waals surface area contributed by atoms with Crippen molar-refractivity contribution in [2.24, 2.45) is 0 Å². The van der Waals surface area contributed by atoms with Crippen molar-refractivity contribution in [3.8, 4) is 11.3 Å². The maximum absolute atomic E-state index is 12.0. The molecule has 0 bridgehead atoms. The second kappa shape index (κ2) is 6.84. The lowest BCUT2D eigenvalue weighted by Crippen LogP contribution is -2.37. The summed E-state index contributed by atoms with van der Waals surface area (Å²) in [6.45, 7) is 0. The van der Waals surface area contributed by atoms with Crippen LogP contribution in [0.1, 0.15) is 42.3 Å². The molecule has 0 atom stereocenters. The van der Waals surface area contributed by atoms with Crippen LogP contribution in [0.2, 0.25) is 0 Å². The highest BCUT2D eigenvalue weighted by Gasteiger charge is 2.25. The summed E-state index contributed by atoms with van der Waals surface area (Å²) in [4.78, 5) is 20.2. The number of carbonyl (C=O) groups is 1. The van der Waals surface area contributed by atoms with Crippen molar-refractivity contribution in [3.63, 3.8) is 0 Å². The molecule has 3 aromatic rings. The van der Waals surface area contributed by atoms with E-state index in [9.17, 15) is 4.79 Å². The predicted octanol–water partition coefficient (Wildman–Crippen LogP) is 2.24. The molecule has 1 aliphatic carbocycles. The van der Waals surface area contributed by atoms with Crippen LogP contribution in [0.4, 0.5) is 0 Å². The van der Waals surface area contributed by atoms with Crippen LogP contribution in [-0.4, -0.2) is 36.9 Å². The first-order chi connectivity index (χ1) is 12.3. The smallest absolute Gasteiger partial charge is 0.290 e. The molecule has 1 N–H and O–H groups in total. The number of carbonyl (C=O) groups excluding carboxylic acids is 1. The third-order valence-electron chi connectivity index (χ3n) is 4.55. The fourth-order valence-corrected chi connectivity index (χ4v) is 3.21. The van der Waals surface area contributed by atoms with Crippen LogP contribution in [0.15, 0.2) is 47.8 Å². The van der Waals surface area contributed by atoms with E-state index in [1.165, 1.54) is 12.5 Å². The van der Waals surface area contributed by atoms with Gasteiger partial charge in [-0.1, -0.05) is 5.16 Å². The number of hydrogen-bond donors (Lipinski definition) is 1. The van der Waals surface area contributed by atoms with Crippen molar-refractivity contribution in [1.29, 1.82) is 0 Å². The van der Waals surface area contributed by atoms with Gasteiger partial charge in [-0.15, -0.1) is 0 Å². The van der Waals surface area contributed by atoms with Crippen molar-refractivity contribution in [2.45, 2.75) is 37.8 Å². The lowest BCUT2D eigenvalue weighted by Gasteiger charge is -2.29. The topological polar surface area (TPSA) is 98.7 Å². The second-order valence-electron chi connectivity index (χ2n) is 6.16. The van der Waals surface area contributed by atoms with Crippen molar-refractivity contribution in [2.75, 3.05) is 0 Å². The Hall–Kier alpha value is -3.03. The summed E-state index contributed by atoms with van der Waals surface area (Å²) in [6, 6.07) is 3.94. The summed E-state index contributed by atoms with van der Waals surface area (Å²) in [7, 11) is 0. The van der Waals surface area contributed by atoms with Gasteiger partial charge in [-0.3, -0.25) is 9.48 Å². The fraction of sp³-hybridized carbons (Fsp3) is 0.353. The number of aromatic nitrogens is 5. The average molecular weight is 338 g/mol. The Morgan fingerprint density at radius 1 is 1.20 bits per heavy atom. The van der Waals surface area contributed by atoms with Crippen LogP contribution in [0.25, 0.3) is 11.3 Å². The summed E-state index contributed by atoms with van der Waals surface area (Å²) < 4.78 is 6.89. The summed E-state index contributed by atoms with van der Waals surface area (Å²) in [6.07, 6.45) is 12.3. The monoisotopic (exact) mass is 338 g/mol. The van der Waals surface area contributed by atoms with Gasteiger partial charge in [0.2, 0.25) is 5.76 Å². The first-order valence-electron chi connectivity index (χ1n) is 8.31. The van der Waals surface area contributed by atoms with Gasteiger partial charge in [0.1, 0.15) is 6.33 Å². The van der Waals surface area contributed by atoms with Crippen LogP contribution in [0.5, 0.6) is 0 Å². The number of nitrogens with zero attached hydrogens (tertiary/aromatic N) is 5. The third kappa shape index (κ3) is 3.42. The van der Waals surface area contributed by atoms with Gasteiger partial charge in [-0.05, 0) is 31.7 Å². The minimum atomic E-state index is -0.203. The average Bonchev–Trinajstić information content (AvgIpc) is 3.35. The predicted molar refractivity (Wildman–Crippen MR) is 88.5 cm³/mol. The molecule has 8 heteroatoms. The van der Waals surface area contributed by atoms with Crippen LogP contribution < -0.4 is 5.32 Å². The Morgan fingerprint density at radius 2 is 2.08 bits per heavy atom. The molecular formula is C17H18N6O2. The minimum absolute atomic E-state index is 0.158. The summed E-state index contributed by atoms with van der Waals surface area (Å²) >= 11 is 0. The highest BCUT2D eigenvalue weighted by molar-refractivity contribution is 5.91. The zero-order chi connectivity index (χ0) is 17.1. The van der Waals surface area contributed by atoms with Crippen LogP contribution in [0.3, 0.4) is 0 Å². The van der Waals surface area contributed by atoms with Crippen molar-refractivity contribution >= 4 is 5.91 Å². The molecule has 25 heavy (non-hydrogen) atoms. The van der Waals surface area contributed by atoms with Gasteiger partial charge in [-0.25, -0.2) is 9.97 Å². The lowest BCUT2D eigenvalue weighted by molar-refractivity contribution is 0.0884. The lowest BCUT2D eigenvalue weighted by atomic mass is 9.91. The van der Waals surface area contributed by atoms with E-state index in [4.69, 9.17) is 4.52 Å². The number of rotatable bonds is 4. The standard InChI is InChI=1S/C17H18N6O2/c24-17(16-6-8-21-25-16)22-13-1-3-14(4-2-13)23-10-12(9-20-23)15-5-7-18-11-19-15/h5-11,13-14H,1-4H2,(H,22,24). The van der Waals surface area contributed by atoms with Gasteiger partial charge in [0.05, 0.1) is 24.1 Å². The molecule has 1 saturated carbocycles. The maximum Gasteiger partial charge on any atom is 0.290 e. The Kier molecular flexibility index (Phi) is 4.24. The van der Waals surface area contributed by atoms with E-state index < -0.39 is 0 Å². The quantitative estimate of drug-likeness (QED) is 0.783. The zero-order valence-corrected chi connectivity index (χ0v) is 13.6. The molecule has 0 unspecified atom stereocenters. The van der Waals surface area contributed by atoms with E-state index in [2.05, 4.69) is 25.5 Å². The SMILES string of the molecule is O=C(NC1CCC(n2cc(-c3ccncn3)cn2)CC1)c1ccno1. The second-order valence-corrected chi connectivity index (χ2v) is 6.16. The molecule has 1 amide bonds. The third-order valence-corrected chi connectivity index (χ3v) is 4.55. The van der Waals surface area contributed by atoms with Crippen LogP contribution in [-0.2, 0) is 0 Å². The van der Waals surface area contributed by atoms with Crippen LogP contribution >= 0.6 is 0 Å². The zero-order valence-electron chi connectivity index (χ0n) is 13.6. The minimum Gasteiger partial charge on any atom is -0.351 e. The summed E-state index contributed by atoms with van der Waals surface area (Å²) in [5.74, 6) is 0.0507.